The first kappa shape index (κ1) is 19.5. The summed E-state index contributed by atoms with van der Waals surface area (Å²) in [6, 6.07) is 14.4. The third kappa shape index (κ3) is 4.21. The number of amides is 1. The van der Waals surface area contributed by atoms with Crippen molar-refractivity contribution in [2.24, 2.45) is 0 Å². The number of benzene rings is 2. The van der Waals surface area contributed by atoms with Gasteiger partial charge in [0.1, 0.15) is 0 Å². The fourth-order valence-electron chi connectivity index (χ4n) is 3.30. The molecule has 0 aliphatic carbocycles. The fraction of sp³-hybridized carbons (Fsp3) is 0.350. The van der Waals surface area contributed by atoms with Gasteiger partial charge in [-0.25, -0.2) is 13.1 Å². The molecule has 0 spiro atoms. The number of hydrogen-bond acceptors (Lipinski definition) is 4. The molecule has 1 atom stereocenters. The predicted octanol–water partition coefficient (Wildman–Crippen LogP) is 1.94. The normalized spacial score (nSPS) is 17.7. The fourth-order valence-corrected chi connectivity index (χ4v) is 4.08. The molecule has 0 saturated carbocycles. The minimum Gasteiger partial charge on any atom is -0.329 e. The average Bonchev–Trinajstić information content (AvgIpc) is 2.73. The van der Waals surface area contributed by atoms with Crippen LogP contribution in [0.15, 0.2) is 53.4 Å². The summed E-state index contributed by atoms with van der Waals surface area (Å²) in [7, 11) is -2.23. The highest BCUT2D eigenvalue weighted by Gasteiger charge is 2.29. The van der Waals surface area contributed by atoms with Gasteiger partial charge in [-0.3, -0.25) is 4.79 Å². The number of rotatable bonds is 5. The quantitative estimate of drug-likeness (QED) is 0.822. The van der Waals surface area contributed by atoms with E-state index in [-0.39, 0.29) is 16.8 Å². The number of nitrogens with zero attached hydrogens (tertiary/aromatic N) is 1. The van der Waals surface area contributed by atoms with E-state index in [9.17, 15) is 13.2 Å². The number of carbonyl (C=O) groups excluding carboxylic acids is 1. The molecule has 27 heavy (non-hydrogen) atoms. The molecule has 1 aliphatic heterocycles. The molecule has 144 valence electrons. The maximum atomic E-state index is 13.2. The summed E-state index contributed by atoms with van der Waals surface area (Å²) in [6.07, 6.45) is 0.971. The van der Waals surface area contributed by atoms with Crippen LogP contribution in [0.3, 0.4) is 0 Å². The topological polar surface area (TPSA) is 78.5 Å². The number of carbonyl (C=O) groups is 1. The molecule has 2 N–H and O–H groups in total. The van der Waals surface area contributed by atoms with E-state index in [1.165, 1.54) is 24.7 Å². The third-order valence-corrected chi connectivity index (χ3v) is 6.35. The van der Waals surface area contributed by atoms with E-state index in [2.05, 4.69) is 41.2 Å². The largest absolute Gasteiger partial charge is 0.329 e. The van der Waals surface area contributed by atoms with Crippen molar-refractivity contribution in [2.75, 3.05) is 26.7 Å². The van der Waals surface area contributed by atoms with Crippen molar-refractivity contribution < 1.29 is 13.2 Å². The monoisotopic (exact) mass is 387 g/mol. The van der Waals surface area contributed by atoms with Gasteiger partial charge in [-0.1, -0.05) is 37.3 Å². The van der Waals surface area contributed by atoms with E-state index in [0.29, 0.717) is 25.2 Å². The molecule has 0 radical (unpaired) electrons. The predicted molar refractivity (Wildman–Crippen MR) is 105 cm³/mol. The summed E-state index contributed by atoms with van der Waals surface area (Å²) >= 11 is 0. The van der Waals surface area contributed by atoms with Crippen LogP contribution in [0.2, 0.25) is 0 Å². The summed E-state index contributed by atoms with van der Waals surface area (Å²) in [5.74, 6) is -0.158. The molecule has 3 rings (SSSR count). The standard InChI is InChI=1S/C20H25N3O3S/c1-3-15-7-9-16(10-8-15)19-14-22-11-12-23(19)20(24)17-5-4-6-18(13-17)27(25,26)21-2/h4-10,13,19,21-22H,3,11-12,14H2,1-2H3. The van der Waals surface area contributed by atoms with E-state index in [0.717, 1.165) is 12.0 Å². The van der Waals surface area contributed by atoms with Crippen molar-refractivity contribution in [2.45, 2.75) is 24.3 Å². The molecule has 2 aromatic carbocycles. The molecule has 1 amide bonds. The van der Waals surface area contributed by atoms with E-state index in [4.69, 9.17) is 0 Å². The smallest absolute Gasteiger partial charge is 0.254 e. The van der Waals surface area contributed by atoms with Crippen LogP contribution in [0.4, 0.5) is 0 Å². The zero-order chi connectivity index (χ0) is 19.4. The molecule has 0 bridgehead atoms. The number of sulfonamides is 1. The molecule has 6 nitrogen and oxygen atoms in total. The average molecular weight is 388 g/mol. The van der Waals surface area contributed by atoms with Gasteiger partial charge in [-0.2, -0.15) is 0 Å². The molecule has 1 saturated heterocycles. The molecular formula is C20H25N3O3S. The van der Waals surface area contributed by atoms with Crippen LogP contribution < -0.4 is 10.0 Å². The van der Waals surface area contributed by atoms with Gasteiger partial charge in [0.2, 0.25) is 10.0 Å². The SMILES string of the molecule is CCc1ccc(C2CNCCN2C(=O)c2cccc(S(=O)(=O)NC)c2)cc1. The zero-order valence-electron chi connectivity index (χ0n) is 15.6. The lowest BCUT2D eigenvalue weighted by atomic mass is 10.00. The van der Waals surface area contributed by atoms with Crippen molar-refractivity contribution >= 4 is 15.9 Å². The molecule has 0 aromatic heterocycles. The zero-order valence-corrected chi connectivity index (χ0v) is 16.4. The second kappa shape index (κ2) is 8.21. The van der Waals surface area contributed by atoms with Gasteiger partial charge in [-0.15, -0.1) is 0 Å². The third-order valence-electron chi connectivity index (χ3n) is 4.94. The Kier molecular flexibility index (Phi) is 5.94. The Labute approximate surface area is 160 Å². The van der Waals surface area contributed by atoms with Crippen LogP contribution in [0.25, 0.3) is 0 Å². The van der Waals surface area contributed by atoms with Gasteiger partial charge in [0.25, 0.3) is 5.91 Å². The second-order valence-electron chi connectivity index (χ2n) is 6.55. The molecular weight excluding hydrogens is 362 g/mol. The van der Waals surface area contributed by atoms with Crippen LogP contribution >= 0.6 is 0 Å². The lowest BCUT2D eigenvalue weighted by molar-refractivity contribution is 0.0634. The van der Waals surface area contributed by atoms with Gasteiger partial charge in [-0.05, 0) is 42.8 Å². The molecule has 1 heterocycles. The van der Waals surface area contributed by atoms with Crippen molar-refractivity contribution in [3.05, 3.63) is 65.2 Å². The van der Waals surface area contributed by atoms with Crippen molar-refractivity contribution in [3.8, 4) is 0 Å². The highest BCUT2D eigenvalue weighted by atomic mass is 32.2. The number of aryl methyl sites for hydroxylation is 1. The number of nitrogens with one attached hydrogen (secondary N) is 2. The first-order valence-electron chi connectivity index (χ1n) is 9.10. The van der Waals surface area contributed by atoms with Crippen LogP contribution in [0.1, 0.15) is 34.5 Å². The number of hydrogen-bond donors (Lipinski definition) is 2. The van der Waals surface area contributed by atoms with E-state index in [1.807, 2.05) is 4.90 Å². The van der Waals surface area contributed by atoms with E-state index >= 15 is 0 Å². The Balaban J connectivity index is 1.90. The van der Waals surface area contributed by atoms with Crippen LogP contribution in [-0.2, 0) is 16.4 Å². The first-order chi connectivity index (χ1) is 13.0. The van der Waals surface area contributed by atoms with Gasteiger partial charge in [0.05, 0.1) is 10.9 Å². The lowest BCUT2D eigenvalue weighted by Gasteiger charge is -2.36. The molecule has 1 aliphatic rings. The Morgan fingerprint density at radius 3 is 2.63 bits per heavy atom. The van der Waals surface area contributed by atoms with Crippen molar-refractivity contribution in [1.29, 1.82) is 0 Å². The van der Waals surface area contributed by atoms with Crippen molar-refractivity contribution in [3.63, 3.8) is 0 Å². The maximum Gasteiger partial charge on any atom is 0.254 e. The second-order valence-corrected chi connectivity index (χ2v) is 8.44. The van der Waals surface area contributed by atoms with Crippen LogP contribution in [-0.4, -0.2) is 45.9 Å². The minimum atomic E-state index is -3.59. The first-order valence-corrected chi connectivity index (χ1v) is 10.6. The highest BCUT2D eigenvalue weighted by Crippen LogP contribution is 2.25. The highest BCUT2D eigenvalue weighted by molar-refractivity contribution is 7.89. The van der Waals surface area contributed by atoms with Crippen molar-refractivity contribution in [1.82, 2.24) is 14.9 Å². The Morgan fingerprint density at radius 2 is 1.96 bits per heavy atom. The van der Waals surface area contributed by atoms with Gasteiger partial charge < -0.3 is 10.2 Å². The summed E-state index contributed by atoms with van der Waals surface area (Å²) in [5, 5.41) is 3.34. The summed E-state index contributed by atoms with van der Waals surface area (Å²) in [6.45, 7) is 4.07. The Bertz CT molecular complexity index is 910. The summed E-state index contributed by atoms with van der Waals surface area (Å²) in [4.78, 5) is 15.1. The molecule has 1 unspecified atom stereocenters. The summed E-state index contributed by atoms with van der Waals surface area (Å²) in [5.41, 5.74) is 2.71. The summed E-state index contributed by atoms with van der Waals surface area (Å²) < 4.78 is 26.4. The van der Waals surface area contributed by atoms with Gasteiger partial charge in [0.15, 0.2) is 0 Å². The van der Waals surface area contributed by atoms with E-state index in [1.54, 1.807) is 12.1 Å². The lowest BCUT2D eigenvalue weighted by Crippen LogP contribution is -2.48. The van der Waals surface area contributed by atoms with Gasteiger partial charge >= 0.3 is 0 Å². The van der Waals surface area contributed by atoms with E-state index < -0.39 is 10.0 Å². The minimum absolute atomic E-state index is 0.0817. The Morgan fingerprint density at radius 1 is 1.22 bits per heavy atom. The maximum absolute atomic E-state index is 13.2. The Hall–Kier alpha value is -2.22. The number of piperazine rings is 1. The van der Waals surface area contributed by atoms with Crippen LogP contribution in [0.5, 0.6) is 0 Å². The molecule has 2 aromatic rings. The molecule has 1 fully saturated rings. The van der Waals surface area contributed by atoms with Crippen LogP contribution in [0, 0.1) is 0 Å². The van der Waals surface area contributed by atoms with Gasteiger partial charge in [0, 0.05) is 25.2 Å². The molecule has 7 heteroatoms.